The number of aryl methyl sites for hydroxylation is 1. The summed E-state index contributed by atoms with van der Waals surface area (Å²) in [5, 5.41) is 12.0. The van der Waals surface area contributed by atoms with Crippen LogP contribution in [0.25, 0.3) is 0 Å². The van der Waals surface area contributed by atoms with Gasteiger partial charge in [-0.05, 0) is 49.8 Å². The number of aliphatic carboxylic acids is 1. The highest BCUT2D eigenvalue weighted by Crippen LogP contribution is 2.24. The molecule has 0 bridgehead atoms. The average molecular weight is 388 g/mol. The Hall–Kier alpha value is -2.54. The maximum Gasteiger partial charge on any atom is 0.305 e. The summed E-state index contributed by atoms with van der Waals surface area (Å²) in [5.41, 5.74) is 2.86. The van der Waals surface area contributed by atoms with Crippen LogP contribution >= 0.6 is 11.8 Å². The van der Waals surface area contributed by atoms with Crippen LogP contribution in [0.3, 0.4) is 0 Å². The van der Waals surface area contributed by atoms with Crippen LogP contribution in [-0.4, -0.2) is 34.0 Å². The largest absolute Gasteiger partial charge is 0.481 e. The molecule has 1 atom stereocenters. The van der Waals surface area contributed by atoms with E-state index in [0.29, 0.717) is 28.9 Å². The SMILES string of the molecule is CCc1c(C(=O)NC(CC(=O)O)c2ccc(SC)cc2)[nH]c(C)c1C(C)=O. The number of carbonyl (C=O) groups is 3. The minimum atomic E-state index is -1.00. The second-order valence-electron chi connectivity index (χ2n) is 6.29. The summed E-state index contributed by atoms with van der Waals surface area (Å²) in [6, 6.07) is 6.76. The summed E-state index contributed by atoms with van der Waals surface area (Å²) in [4.78, 5) is 40.1. The van der Waals surface area contributed by atoms with Gasteiger partial charge in [0.1, 0.15) is 5.69 Å². The predicted molar refractivity (Wildman–Crippen MR) is 106 cm³/mol. The van der Waals surface area contributed by atoms with Crippen LogP contribution in [0.4, 0.5) is 0 Å². The van der Waals surface area contributed by atoms with Gasteiger partial charge in [-0.3, -0.25) is 14.4 Å². The lowest BCUT2D eigenvalue weighted by atomic mass is 10.0. The highest BCUT2D eigenvalue weighted by Gasteiger charge is 2.25. The maximum absolute atomic E-state index is 12.9. The van der Waals surface area contributed by atoms with Gasteiger partial charge in [0.2, 0.25) is 0 Å². The predicted octanol–water partition coefficient (Wildman–Crippen LogP) is 3.76. The van der Waals surface area contributed by atoms with E-state index in [0.717, 1.165) is 10.5 Å². The van der Waals surface area contributed by atoms with Gasteiger partial charge in [0, 0.05) is 16.2 Å². The van der Waals surface area contributed by atoms with E-state index in [1.54, 1.807) is 18.7 Å². The van der Waals surface area contributed by atoms with E-state index in [-0.39, 0.29) is 12.2 Å². The smallest absolute Gasteiger partial charge is 0.305 e. The fourth-order valence-corrected chi connectivity index (χ4v) is 3.60. The number of aromatic nitrogens is 1. The van der Waals surface area contributed by atoms with E-state index in [1.165, 1.54) is 6.92 Å². The molecular weight excluding hydrogens is 364 g/mol. The van der Waals surface area contributed by atoms with Gasteiger partial charge in [-0.2, -0.15) is 0 Å². The van der Waals surface area contributed by atoms with E-state index in [4.69, 9.17) is 0 Å². The van der Waals surface area contributed by atoms with Crippen molar-refractivity contribution in [3.8, 4) is 0 Å². The van der Waals surface area contributed by atoms with Crippen molar-refractivity contribution in [3.63, 3.8) is 0 Å². The molecule has 144 valence electrons. The second-order valence-corrected chi connectivity index (χ2v) is 7.17. The highest BCUT2D eigenvalue weighted by atomic mass is 32.2. The summed E-state index contributed by atoms with van der Waals surface area (Å²) < 4.78 is 0. The van der Waals surface area contributed by atoms with Crippen LogP contribution in [0.2, 0.25) is 0 Å². The second kappa shape index (κ2) is 8.90. The van der Waals surface area contributed by atoms with Gasteiger partial charge in [0.25, 0.3) is 5.91 Å². The number of thioether (sulfide) groups is 1. The van der Waals surface area contributed by atoms with Crippen molar-refractivity contribution in [2.45, 2.75) is 44.6 Å². The fourth-order valence-electron chi connectivity index (χ4n) is 3.19. The Morgan fingerprint density at radius 2 is 1.85 bits per heavy atom. The number of ketones is 1. The van der Waals surface area contributed by atoms with E-state index in [9.17, 15) is 19.5 Å². The average Bonchev–Trinajstić information content (AvgIpc) is 2.97. The molecule has 1 amide bonds. The molecule has 1 aromatic carbocycles. The Morgan fingerprint density at radius 3 is 2.33 bits per heavy atom. The third-order valence-corrected chi connectivity index (χ3v) is 5.17. The normalized spacial score (nSPS) is 11.9. The van der Waals surface area contributed by atoms with Crippen LogP contribution < -0.4 is 5.32 Å². The van der Waals surface area contributed by atoms with Crippen molar-refractivity contribution in [2.75, 3.05) is 6.26 Å². The topological polar surface area (TPSA) is 99.3 Å². The lowest BCUT2D eigenvalue weighted by Gasteiger charge is -2.18. The summed E-state index contributed by atoms with van der Waals surface area (Å²) in [5.74, 6) is -1.52. The molecule has 0 saturated heterocycles. The molecule has 6 nitrogen and oxygen atoms in total. The standard InChI is InChI=1S/C20H24N2O4S/c1-5-15-18(12(3)23)11(2)21-19(15)20(26)22-16(10-17(24)25)13-6-8-14(27-4)9-7-13/h6-9,16,21H,5,10H2,1-4H3,(H,22,26)(H,24,25). The Kier molecular flexibility index (Phi) is 6.85. The third-order valence-electron chi connectivity index (χ3n) is 4.43. The van der Waals surface area contributed by atoms with Crippen molar-refractivity contribution < 1.29 is 19.5 Å². The van der Waals surface area contributed by atoms with Crippen molar-refractivity contribution in [1.82, 2.24) is 10.3 Å². The molecule has 0 spiro atoms. The number of amides is 1. The first-order valence-electron chi connectivity index (χ1n) is 8.67. The van der Waals surface area contributed by atoms with E-state index < -0.39 is 17.9 Å². The summed E-state index contributed by atoms with van der Waals surface area (Å²) in [6.07, 6.45) is 2.25. The molecule has 2 rings (SSSR count). The third kappa shape index (κ3) is 4.80. The molecule has 1 heterocycles. The van der Waals surface area contributed by atoms with E-state index in [2.05, 4.69) is 10.3 Å². The van der Waals surface area contributed by atoms with Gasteiger partial charge in [0.05, 0.1) is 12.5 Å². The summed E-state index contributed by atoms with van der Waals surface area (Å²) in [7, 11) is 0. The molecule has 0 fully saturated rings. The number of aromatic amines is 1. The molecule has 7 heteroatoms. The van der Waals surface area contributed by atoms with Crippen molar-refractivity contribution >= 4 is 29.4 Å². The van der Waals surface area contributed by atoms with Crippen LogP contribution in [0.5, 0.6) is 0 Å². The lowest BCUT2D eigenvalue weighted by Crippen LogP contribution is -2.31. The zero-order valence-electron chi connectivity index (χ0n) is 15.9. The molecule has 27 heavy (non-hydrogen) atoms. The van der Waals surface area contributed by atoms with Gasteiger partial charge in [-0.15, -0.1) is 11.8 Å². The van der Waals surface area contributed by atoms with Crippen molar-refractivity contribution in [2.24, 2.45) is 0 Å². The Balaban J connectivity index is 2.34. The number of rotatable bonds is 8. The Morgan fingerprint density at radius 1 is 1.22 bits per heavy atom. The molecule has 0 radical (unpaired) electrons. The van der Waals surface area contributed by atoms with Gasteiger partial charge in [0.15, 0.2) is 5.78 Å². The molecule has 2 aromatic rings. The number of Topliss-reactive ketones (excluding diaryl/α,β-unsaturated/α-hetero) is 1. The minimum Gasteiger partial charge on any atom is -0.481 e. The number of hydrogen-bond acceptors (Lipinski definition) is 4. The number of carboxylic acids is 1. The molecular formula is C20H24N2O4S. The minimum absolute atomic E-state index is 0.102. The Bertz CT molecular complexity index is 856. The number of nitrogens with one attached hydrogen (secondary N) is 2. The lowest BCUT2D eigenvalue weighted by molar-refractivity contribution is -0.137. The van der Waals surface area contributed by atoms with E-state index in [1.807, 2.05) is 37.4 Å². The number of hydrogen-bond donors (Lipinski definition) is 3. The molecule has 0 aliphatic rings. The van der Waals surface area contributed by atoms with Crippen molar-refractivity contribution in [1.29, 1.82) is 0 Å². The molecule has 0 aliphatic heterocycles. The van der Waals surface area contributed by atoms with Gasteiger partial charge in [-0.25, -0.2) is 0 Å². The zero-order valence-corrected chi connectivity index (χ0v) is 16.7. The number of carbonyl (C=O) groups excluding carboxylic acids is 2. The summed E-state index contributed by atoms with van der Waals surface area (Å²) >= 11 is 1.59. The van der Waals surface area contributed by atoms with Crippen LogP contribution in [0.1, 0.15) is 64.0 Å². The molecule has 3 N–H and O–H groups in total. The quantitative estimate of drug-likeness (QED) is 0.472. The number of carboxylic acid groups (broad SMARTS) is 1. The Labute approximate surface area is 162 Å². The van der Waals surface area contributed by atoms with Gasteiger partial charge in [-0.1, -0.05) is 19.1 Å². The molecule has 0 aliphatic carbocycles. The van der Waals surface area contributed by atoms with Gasteiger partial charge >= 0.3 is 5.97 Å². The van der Waals surface area contributed by atoms with Gasteiger partial charge < -0.3 is 15.4 Å². The number of H-pyrrole nitrogens is 1. The molecule has 0 saturated carbocycles. The van der Waals surface area contributed by atoms with E-state index >= 15 is 0 Å². The molecule has 1 unspecified atom stereocenters. The molecule has 1 aromatic heterocycles. The summed E-state index contributed by atoms with van der Waals surface area (Å²) in [6.45, 7) is 5.10. The number of benzene rings is 1. The fraction of sp³-hybridized carbons (Fsp3) is 0.350. The van der Waals surface area contributed by atoms with Crippen LogP contribution in [0, 0.1) is 6.92 Å². The van der Waals surface area contributed by atoms with Crippen LogP contribution in [-0.2, 0) is 11.2 Å². The zero-order chi connectivity index (χ0) is 20.1. The first-order valence-corrected chi connectivity index (χ1v) is 9.89. The monoisotopic (exact) mass is 388 g/mol. The highest BCUT2D eigenvalue weighted by molar-refractivity contribution is 7.98. The first kappa shape index (κ1) is 20.8. The van der Waals surface area contributed by atoms with Crippen LogP contribution in [0.15, 0.2) is 29.2 Å². The first-order chi connectivity index (χ1) is 12.8. The van der Waals surface area contributed by atoms with Crippen molar-refractivity contribution in [3.05, 3.63) is 52.3 Å². The maximum atomic E-state index is 12.9.